The summed E-state index contributed by atoms with van der Waals surface area (Å²) in [5.74, 6) is 0.105. The number of nitrogens with zero attached hydrogens (tertiary/aromatic N) is 1. The Morgan fingerprint density at radius 3 is 2.91 bits per heavy atom. The average molecular weight is 335 g/mol. The summed E-state index contributed by atoms with van der Waals surface area (Å²) in [7, 11) is 2.07. The maximum Gasteiger partial charge on any atom is 0.137 e. The topological polar surface area (TPSA) is 36.1 Å². The van der Waals surface area contributed by atoms with E-state index in [4.69, 9.17) is 23.2 Å². The standard InChI is InChI=1S/C17H16Cl2N2O/c1-8(22)10-3-11-14(21(2)7-10)4-9-6-20-13-5-12(18)17(19)16(11)15(9)13/h3,5-6,10,14,20H,4,7H2,1-2H3/t10-,14-/m1/s1. The number of Topliss-reactive ketones (excluding diaryl/α,β-unsaturated/α-hetero) is 1. The van der Waals surface area contributed by atoms with Crippen molar-refractivity contribution in [1.29, 1.82) is 0 Å². The lowest BCUT2D eigenvalue weighted by molar-refractivity contribution is -0.120. The molecule has 0 bridgehead atoms. The van der Waals surface area contributed by atoms with Gasteiger partial charge in [0.25, 0.3) is 0 Å². The van der Waals surface area contributed by atoms with E-state index in [0.29, 0.717) is 10.0 Å². The number of aromatic amines is 1. The highest BCUT2D eigenvalue weighted by molar-refractivity contribution is 6.44. The van der Waals surface area contributed by atoms with Crippen LogP contribution in [0.25, 0.3) is 16.5 Å². The molecule has 1 aliphatic heterocycles. The number of nitrogens with one attached hydrogen (secondary N) is 1. The zero-order valence-electron chi connectivity index (χ0n) is 12.4. The van der Waals surface area contributed by atoms with E-state index in [-0.39, 0.29) is 17.7 Å². The molecular formula is C17H16Cl2N2O. The van der Waals surface area contributed by atoms with E-state index in [9.17, 15) is 4.79 Å². The third-order valence-corrected chi connectivity index (χ3v) is 5.71. The first-order valence-corrected chi connectivity index (χ1v) is 8.13. The van der Waals surface area contributed by atoms with Crippen LogP contribution in [0, 0.1) is 5.92 Å². The fourth-order valence-corrected chi connectivity index (χ4v) is 4.23. The Bertz CT molecular complexity index is 837. The van der Waals surface area contributed by atoms with Gasteiger partial charge in [-0.15, -0.1) is 0 Å². The molecule has 1 aromatic heterocycles. The third-order valence-electron chi connectivity index (χ3n) is 4.92. The first-order valence-electron chi connectivity index (χ1n) is 7.38. The van der Waals surface area contributed by atoms with Gasteiger partial charge < -0.3 is 4.98 Å². The van der Waals surface area contributed by atoms with Gasteiger partial charge in [0, 0.05) is 41.2 Å². The van der Waals surface area contributed by atoms with Gasteiger partial charge >= 0.3 is 0 Å². The number of fused-ring (bicyclic) bond motifs is 2. The molecule has 0 unspecified atom stereocenters. The number of likely N-dealkylation sites (N-methyl/N-ethyl adjacent to an activating group) is 1. The molecule has 2 atom stereocenters. The summed E-state index contributed by atoms with van der Waals surface area (Å²) in [5, 5.41) is 2.28. The van der Waals surface area contributed by atoms with Gasteiger partial charge in [0.15, 0.2) is 0 Å². The molecular weight excluding hydrogens is 319 g/mol. The molecule has 0 spiro atoms. The number of carbonyl (C=O) groups is 1. The van der Waals surface area contributed by atoms with Gasteiger partial charge in [0.2, 0.25) is 0 Å². The van der Waals surface area contributed by atoms with Crippen LogP contribution in [0.2, 0.25) is 10.0 Å². The molecule has 2 aliphatic rings. The summed E-state index contributed by atoms with van der Waals surface area (Å²) < 4.78 is 0. The van der Waals surface area contributed by atoms with Gasteiger partial charge in [-0.25, -0.2) is 0 Å². The lowest BCUT2D eigenvalue weighted by Crippen LogP contribution is -2.44. The van der Waals surface area contributed by atoms with Crippen molar-refractivity contribution >= 4 is 45.5 Å². The van der Waals surface area contributed by atoms with Crippen molar-refractivity contribution in [2.24, 2.45) is 5.92 Å². The molecule has 0 saturated carbocycles. The molecule has 0 amide bonds. The molecule has 0 saturated heterocycles. The minimum Gasteiger partial charge on any atom is -0.361 e. The van der Waals surface area contributed by atoms with Gasteiger partial charge in [-0.3, -0.25) is 9.69 Å². The van der Waals surface area contributed by atoms with Crippen LogP contribution in [0.15, 0.2) is 18.3 Å². The molecule has 1 aliphatic carbocycles. The number of ketones is 1. The Morgan fingerprint density at radius 2 is 2.18 bits per heavy atom. The Hall–Kier alpha value is -1.29. The van der Waals surface area contributed by atoms with E-state index in [2.05, 4.69) is 23.0 Å². The monoisotopic (exact) mass is 334 g/mol. The average Bonchev–Trinajstić information content (AvgIpc) is 2.87. The van der Waals surface area contributed by atoms with Gasteiger partial charge in [-0.2, -0.15) is 0 Å². The quantitative estimate of drug-likeness (QED) is 0.857. The van der Waals surface area contributed by atoms with Crippen LogP contribution in [-0.4, -0.2) is 35.3 Å². The minimum atomic E-state index is -0.0816. The first kappa shape index (κ1) is 14.3. The number of carbonyl (C=O) groups excluding carboxylic acids is 1. The maximum absolute atomic E-state index is 11.9. The summed E-state index contributed by atoms with van der Waals surface area (Å²) in [6.45, 7) is 2.40. The summed E-state index contributed by atoms with van der Waals surface area (Å²) >= 11 is 12.9. The van der Waals surface area contributed by atoms with Crippen molar-refractivity contribution in [1.82, 2.24) is 9.88 Å². The number of hydrogen-bond donors (Lipinski definition) is 1. The number of benzene rings is 1. The molecule has 0 fully saturated rings. The highest BCUT2D eigenvalue weighted by Crippen LogP contribution is 2.46. The van der Waals surface area contributed by atoms with Gasteiger partial charge in [-0.05, 0) is 37.6 Å². The van der Waals surface area contributed by atoms with E-state index < -0.39 is 0 Å². The SMILES string of the molecule is CC(=O)[C@@H]1C=C2c3c(Cl)c(Cl)cc4[nH]cc(c34)C[C@H]2N(C)C1. The molecule has 3 nitrogen and oxygen atoms in total. The number of rotatable bonds is 1. The maximum atomic E-state index is 11.9. The number of H-pyrrole nitrogens is 1. The van der Waals surface area contributed by atoms with E-state index in [0.717, 1.165) is 35.0 Å². The molecule has 2 heterocycles. The second-order valence-corrected chi connectivity index (χ2v) is 7.07. The lowest BCUT2D eigenvalue weighted by Gasteiger charge is -2.39. The smallest absolute Gasteiger partial charge is 0.137 e. The zero-order valence-corrected chi connectivity index (χ0v) is 13.9. The number of halogens is 2. The summed E-state index contributed by atoms with van der Waals surface area (Å²) in [4.78, 5) is 17.4. The Balaban J connectivity index is 2.04. The zero-order chi connectivity index (χ0) is 15.6. The van der Waals surface area contributed by atoms with Crippen molar-refractivity contribution in [2.75, 3.05) is 13.6 Å². The van der Waals surface area contributed by atoms with Crippen molar-refractivity contribution in [3.63, 3.8) is 0 Å². The molecule has 0 radical (unpaired) electrons. The fourth-order valence-electron chi connectivity index (χ4n) is 3.77. The van der Waals surface area contributed by atoms with E-state index in [1.54, 1.807) is 6.92 Å². The second kappa shape index (κ2) is 4.85. The molecule has 114 valence electrons. The van der Waals surface area contributed by atoms with Gasteiger partial charge in [0.05, 0.1) is 10.0 Å². The molecule has 5 heteroatoms. The van der Waals surface area contributed by atoms with Crippen LogP contribution in [0.4, 0.5) is 0 Å². The lowest BCUT2D eigenvalue weighted by atomic mass is 9.79. The number of hydrogen-bond acceptors (Lipinski definition) is 2. The minimum absolute atomic E-state index is 0.0816. The third kappa shape index (κ3) is 1.89. The molecule has 2 aromatic rings. The van der Waals surface area contributed by atoms with E-state index in [1.165, 1.54) is 5.56 Å². The fraction of sp³-hybridized carbons (Fsp3) is 0.353. The van der Waals surface area contributed by atoms with Crippen molar-refractivity contribution in [2.45, 2.75) is 19.4 Å². The van der Waals surface area contributed by atoms with Crippen LogP contribution in [0.5, 0.6) is 0 Å². The highest BCUT2D eigenvalue weighted by Gasteiger charge is 2.36. The summed E-state index contributed by atoms with van der Waals surface area (Å²) in [6, 6.07) is 2.13. The van der Waals surface area contributed by atoms with Gasteiger partial charge in [-0.1, -0.05) is 29.3 Å². The predicted octanol–water partition coefficient (Wildman–Crippen LogP) is 3.93. The Kier molecular flexibility index (Phi) is 3.16. The van der Waals surface area contributed by atoms with Gasteiger partial charge in [0.1, 0.15) is 5.78 Å². The summed E-state index contributed by atoms with van der Waals surface area (Å²) in [5.41, 5.74) is 4.40. The first-order chi connectivity index (χ1) is 10.5. The van der Waals surface area contributed by atoms with Crippen LogP contribution < -0.4 is 0 Å². The number of aromatic nitrogens is 1. The van der Waals surface area contributed by atoms with Crippen molar-refractivity contribution in [3.05, 3.63) is 39.5 Å². The van der Waals surface area contributed by atoms with Crippen LogP contribution in [-0.2, 0) is 11.2 Å². The van der Waals surface area contributed by atoms with E-state index in [1.807, 2.05) is 12.3 Å². The normalized spacial score (nSPS) is 24.3. The van der Waals surface area contributed by atoms with Crippen LogP contribution in [0.3, 0.4) is 0 Å². The second-order valence-electron chi connectivity index (χ2n) is 6.28. The van der Waals surface area contributed by atoms with Crippen LogP contribution >= 0.6 is 23.2 Å². The van der Waals surface area contributed by atoms with Crippen LogP contribution in [0.1, 0.15) is 18.1 Å². The molecule has 1 N–H and O–H groups in total. The largest absolute Gasteiger partial charge is 0.361 e. The summed E-state index contributed by atoms with van der Waals surface area (Å²) in [6.07, 6.45) is 5.07. The van der Waals surface area contributed by atoms with Crippen molar-refractivity contribution < 1.29 is 4.79 Å². The Labute approximate surface area is 138 Å². The predicted molar refractivity (Wildman–Crippen MR) is 90.6 cm³/mol. The Morgan fingerprint density at radius 1 is 1.41 bits per heavy atom. The van der Waals surface area contributed by atoms with Crippen molar-refractivity contribution in [3.8, 4) is 0 Å². The molecule has 4 rings (SSSR count). The molecule has 22 heavy (non-hydrogen) atoms. The van der Waals surface area contributed by atoms with E-state index >= 15 is 0 Å². The molecule has 1 aromatic carbocycles. The highest BCUT2D eigenvalue weighted by atomic mass is 35.5.